The molecular formula is C20H30N6O. The summed E-state index contributed by atoms with van der Waals surface area (Å²) in [4.78, 5) is 14.2. The lowest BCUT2D eigenvalue weighted by atomic mass is 10.2. The maximum Gasteiger partial charge on any atom is 0.225 e. The average Bonchev–Trinajstić information content (AvgIpc) is 3.33. The molecule has 2 aliphatic rings. The molecule has 2 fully saturated rings. The molecular weight excluding hydrogens is 340 g/mol. The third-order valence-corrected chi connectivity index (χ3v) is 5.60. The number of hydrogen-bond donors (Lipinski definition) is 0. The van der Waals surface area contributed by atoms with Gasteiger partial charge in [0.05, 0.1) is 18.0 Å². The fourth-order valence-corrected chi connectivity index (χ4v) is 3.99. The summed E-state index contributed by atoms with van der Waals surface area (Å²) in [7, 11) is 0. The lowest BCUT2D eigenvalue weighted by Gasteiger charge is -2.35. The van der Waals surface area contributed by atoms with Crippen molar-refractivity contribution in [3.05, 3.63) is 24.2 Å². The minimum absolute atomic E-state index is 0.429. The monoisotopic (exact) mass is 370 g/mol. The van der Waals surface area contributed by atoms with E-state index in [2.05, 4.69) is 38.4 Å². The molecule has 2 aromatic rings. The molecule has 4 heterocycles. The van der Waals surface area contributed by atoms with Crippen LogP contribution in [0.15, 0.2) is 18.5 Å². The summed E-state index contributed by atoms with van der Waals surface area (Å²) in [6.45, 7) is 11.2. The highest BCUT2D eigenvalue weighted by atomic mass is 16.5. The van der Waals surface area contributed by atoms with Crippen molar-refractivity contribution in [3.8, 4) is 11.3 Å². The van der Waals surface area contributed by atoms with E-state index in [-0.39, 0.29) is 0 Å². The molecule has 0 aliphatic carbocycles. The zero-order valence-electron chi connectivity index (χ0n) is 16.5. The number of rotatable bonds is 6. The standard InChI is InChI=1S/C20H30N6O/c1-3-8-26-16(2)18(14-22-26)19-6-7-21-20(23-19)25-11-9-24(10-12-25)15-17-5-4-13-27-17/h6-7,14,17H,3-5,8-13,15H2,1-2H3. The van der Waals surface area contributed by atoms with Crippen LogP contribution >= 0.6 is 0 Å². The summed E-state index contributed by atoms with van der Waals surface area (Å²) < 4.78 is 7.83. The summed E-state index contributed by atoms with van der Waals surface area (Å²) in [5.74, 6) is 0.826. The predicted octanol–water partition coefficient (Wildman–Crippen LogP) is 2.36. The van der Waals surface area contributed by atoms with Crippen molar-refractivity contribution in [1.82, 2.24) is 24.6 Å². The minimum Gasteiger partial charge on any atom is -0.377 e. The van der Waals surface area contributed by atoms with Gasteiger partial charge in [0.2, 0.25) is 5.95 Å². The summed E-state index contributed by atoms with van der Waals surface area (Å²) in [6.07, 6.45) is 7.71. The molecule has 0 bridgehead atoms. The van der Waals surface area contributed by atoms with E-state index in [4.69, 9.17) is 9.72 Å². The highest BCUT2D eigenvalue weighted by molar-refractivity contribution is 5.62. The van der Waals surface area contributed by atoms with Crippen molar-refractivity contribution in [2.75, 3.05) is 44.2 Å². The second-order valence-corrected chi connectivity index (χ2v) is 7.53. The summed E-state index contributed by atoms with van der Waals surface area (Å²) in [5.41, 5.74) is 3.23. The first-order valence-electron chi connectivity index (χ1n) is 10.2. The number of hydrogen-bond acceptors (Lipinski definition) is 6. The average molecular weight is 371 g/mol. The smallest absolute Gasteiger partial charge is 0.225 e. The lowest BCUT2D eigenvalue weighted by molar-refractivity contribution is 0.0712. The SMILES string of the molecule is CCCn1ncc(-c2ccnc(N3CCN(CC4CCCO4)CC3)n2)c1C. The molecule has 1 unspecified atom stereocenters. The zero-order valence-corrected chi connectivity index (χ0v) is 16.5. The molecule has 2 aromatic heterocycles. The number of ether oxygens (including phenoxy) is 1. The Hall–Kier alpha value is -1.99. The third kappa shape index (κ3) is 4.14. The van der Waals surface area contributed by atoms with Gasteiger partial charge < -0.3 is 9.64 Å². The van der Waals surface area contributed by atoms with Crippen LogP contribution in [0.5, 0.6) is 0 Å². The molecule has 0 radical (unpaired) electrons. The number of nitrogens with zero attached hydrogens (tertiary/aromatic N) is 6. The Morgan fingerprint density at radius 2 is 2.07 bits per heavy atom. The van der Waals surface area contributed by atoms with E-state index in [1.54, 1.807) is 0 Å². The van der Waals surface area contributed by atoms with Crippen LogP contribution in [0.3, 0.4) is 0 Å². The first-order valence-corrected chi connectivity index (χ1v) is 10.2. The van der Waals surface area contributed by atoms with Crippen LogP contribution in [0.4, 0.5) is 5.95 Å². The fraction of sp³-hybridized carbons (Fsp3) is 0.650. The van der Waals surface area contributed by atoms with E-state index in [1.807, 2.05) is 18.5 Å². The number of aromatic nitrogens is 4. The van der Waals surface area contributed by atoms with Gasteiger partial charge in [-0.3, -0.25) is 9.58 Å². The predicted molar refractivity (Wildman–Crippen MR) is 106 cm³/mol. The van der Waals surface area contributed by atoms with E-state index in [1.165, 1.54) is 18.5 Å². The Balaban J connectivity index is 1.41. The zero-order chi connectivity index (χ0) is 18.6. The quantitative estimate of drug-likeness (QED) is 0.778. The molecule has 0 saturated carbocycles. The molecule has 2 saturated heterocycles. The maximum atomic E-state index is 5.77. The normalized spacial score (nSPS) is 21.1. The Kier molecular flexibility index (Phi) is 5.69. The fourth-order valence-electron chi connectivity index (χ4n) is 3.99. The van der Waals surface area contributed by atoms with Gasteiger partial charge >= 0.3 is 0 Å². The minimum atomic E-state index is 0.429. The molecule has 2 aliphatic heterocycles. The highest BCUT2D eigenvalue weighted by Gasteiger charge is 2.24. The van der Waals surface area contributed by atoms with Crippen LogP contribution < -0.4 is 4.90 Å². The molecule has 0 amide bonds. The van der Waals surface area contributed by atoms with Crippen LogP contribution in [0.1, 0.15) is 31.9 Å². The van der Waals surface area contributed by atoms with Gasteiger partial charge in [-0.05, 0) is 32.3 Å². The molecule has 7 nitrogen and oxygen atoms in total. The number of piperazine rings is 1. The summed E-state index contributed by atoms with van der Waals surface area (Å²) in [5, 5.41) is 4.51. The van der Waals surface area contributed by atoms with Gasteiger partial charge in [-0.15, -0.1) is 0 Å². The van der Waals surface area contributed by atoms with E-state index in [0.29, 0.717) is 6.10 Å². The van der Waals surface area contributed by atoms with Gasteiger partial charge in [-0.1, -0.05) is 6.92 Å². The van der Waals surface area contributed by atoms with E-state index in [9.17, 15) is 0 Å². The lowest BCUT2D eigenvalue weighted by Crippen LogP contribution is -2.49. The van der Waals surface area contributed by atoms with Crippen LogP contribution in [0.2, 0.25) is 0 Å². The Bertz CT molecular complexity index is 747. The summed E-state index contributed by atoms with van der Waals surface area (Å²) in [6, 6.07) is 1.98. The Morgan fingerprint density at radius 1 is 1.22 bits per heavy atom. The van der Waals surface area contributed by atoms with Crippen molar-refractivity contribution in [2.24, 2.45) is 0 Å². The van der Waals surface area contributed by atoms with Crippen molar-refractivity contribution in [2.45, 2.75) is 45.8 Å². The van der Waals surface area contributed by atoms with Crippen molar-refractivity contribution in [1.29, 1.82) is 0 Å². The van der Waals surface area contributed by atoms with Gasteiger partial charge in [0.25, 0.3) is 0 Å². The Labute approximate surface area is 161 Å². The topological polar surface area (TPSA) is 59.3 Å². The van der Waals surface area contributed by atoms with Crippen LogP contribution in [-0.4, -0.2) is 70.1 Å². The second-order valence-electron chi connectivity index (χ2n) is 7.53. The van der Waals surface area contributed by atoms with Crippen molar-refractivity contribution in [3.63, 3.8) is 0 Å². The van der Waals surface area contributed by atoms with E-state index < -0.39 is 0 Å². The maximum absolute atomic E-state index is 5.77. The van der Waals surface area contributed by atoms with Gasteiger partial charge in [0, 0.05) is 63.3 Å². The highest BCUT2D eigenvalue weighted by Crippen LogP contribution is 2.23. The first kappa shape index (κ1) is 18.4. The molecule has 0 spiro atoms. The van der Waals surface area contributed by atoms with Gasteiger partial charge in [-0.2, -0.15) is 5.10 Å². The van der Waals surface area contributed by atoms with Crippen molar-refractivity contribution >= 4 is 5.95 Å². The second kappa shape index (κ2) is 8.35. The number of aryl methyl sites for hydroxylation is 1. The summed E-state index contributed by atoms with van der Waals surface area (Å²) >= 11 is 0. The van der Waals surface area contributed by atoms with Gasteiger partial charge in [0.15, 0.2) is 0 Å². The van der Waals surface area contributed by atoms with Crippen LogP contribution in [0, 0.1) is 6.92 Å². The first-order chi connectivity index (χ1) is 13.2. The van der Waals surface area contributed by atoms with Gasteiger partial charge in [0.1, 0.15) is 0 Å². The molecule has 7 heteroatoms. The van der Waals surface area contributed by atoms with Crippen LogP contribution in [-0.2, 0) is 11.3 Å². The molecule has 146 valence electrons. The van der Waals surface area contributed by atoms with E-state index >= 15 is 0 Å². The van der Waals surface area contributed by atoms with Crippen molar-refractivity contribution < 1.29 is 4.74 Å². The number of anilines is 1. The molecule has 27 heavy (non-hydrogen) atoms. The third-order valence-electron chi connectivity index (χ3n) is 5.60. The molecule has 1 atom stereocenters. The molecule has 0 N–H and O–H groups in total. The Morgan fingerprint density at radius 3 is 2.81 bits per heavy atom. The van der Waals surface area contributed by atoms with Gasteiger partial charge in [-0.25, -0.2) is 9.97 Å². The van der Waals surface area contributed by atoms with Crippen LogP contribution in [0.25, 0.3) is 11.3 Å². The molecule has 0 aromatic carbocycles. The van der Waals surface area contributed by atoms with E-state index in [0.717, 1.165) is 69.5 Å². The largest absolute Gasteiger partial charge is 0.377 e. The molecule has 4 rings (SSSR count).